The maximum Gasteiger partial charge on any atom is 0.163 e. The number of rotatable bonds is 11. The summed E-state index contributed by atoms with van der Waals surface area (Å²) >= 11 is 3.30. The van der Waals surface area contributed by atoms with Crippen molar-refractivity contribution in [3.8, 4) is 11.5 Å². The van der Waals surface area contributed by atoms with Crippen molar-refractivity contribution in [3.63, 3.8) is 0 Å². The molecule has 0 N–H and O–H groups in total. The second kappa shape index (κ2) is 10.3. The number of ether oxygens (including phenoxy) is 2. The molecule has 0 atom stereocenters. The van der Waals surface area contributed by atoms with Gasteiger partial charge in [0.1, 0.15) is 24.7 Å². The van der Waals surface area contributed by atoms with Crippen molar-refractivity contribution in [2.45, 2.75) is 64.8 Å². The van der Waals surface area contributed by atoms with Gasteiger partial charge in [0.15, 0.2) is 11.6 Å². The van der Waals surface area contributed by atoms with E-state index in [-0.39, 0.29) is 12.5 Å². The third-order valence-corrected chi connectivity index (χ3v) is 9.19. The third kappa shape index (κ3) is 6.60. The first-order valence-electron chi connectivity index (χ1n) is 11.0. The van der Waals surface area contributed by atoms with Gasteiger partial charge in [0.25, 0.3) is 0 Å². The monoisotopic (exact) mass is 540 g/mol. The molecule has 32 heavy (non-hydrogen) atoms. The van der Waals surface area contributed by atoms with Crippen LogP contribution in [0.4, 0.5) is 4.39 Å². The molecule has 2 heterocycles. The predicted molar refractivity (Wildman–Crippen MR) is 137 cm³/mol. The van der Waals surface area contributed by atoms with Crippen LogP contribution in [0.3, 0.4) is 0 Å². The van der Waals surface area contributed by atoms with E-state index in [1.54, 1.807) is 16.9 Å². The van der Waals surface area contributed by atoms with Gasteiger partial charge in [0.05, 0.1) is 4.47 Å². The van der Waals surface area contributed by atoms with Crippen molar-refractivity contribution in [2.24, 2.45) is 0 Å². The van der Waals surface area contributed by atoms with Crippen LogP contribution in [0.1, 0.15) is 0 Å². The second-order valence-electron chi connectivity index (χ2n) is 10.5. The number of hydrogen-bond donors (Lipinski definition) is 0. The first kappa shape index (κ1) is 25.3. The molecule has 0 fully saturated rings. The Bertz CT molecular complexity index is 1060. The van der Waals surface area contributed by atoms with Gasteiger partial charge < -0.3 is 14.0 Å². The largest absolute Gasteiger partial charge is 0.361 e. The zero-order valence-corrected chi connectivity index (χ0v) is 23.5. The number of hydrogen-bond acceptors (Lipinski definition) is 4. The highest BCUT2D eigenvalue weighted by Gasteiger charge is 2.21. The normalized spacial score (nSPS) is 12.8. The molecule has 10 heteroatoms. The Balaban J connectivity index is 1.85. The lowest BCUT2D eigenvalue weighted by atomic mass is 10.2. The summed E-state index contributed by atoms with van der Waals surface area (Å²) in [6.07, 6.45) is 3.59. The summed E-state index contributed by atoms with van der Waals surface area (Å²) in [4.78, 5) is 4.50. The molecule has 0 aliphatic carbocycles. The van der Waals surface area contributed by atoms with Gasteiger partial charge in [-0.1, -0.05) is 39.3 Å². The van der Waals surface area contributed by atoms with Crippen LogP contribution >= 0.6 is 15.9 Å². The van der Waals surface area contributed by atoms with Gasteiger partial charge in [0, 0.05) is 47.1 Å². The topological polar surface area (TPSA) is 54.1 Å². The zero-order chi connectivity index (χ0) is 23.5. The summed E-state index contributed by atoms with van der Waals surface area (Å²) in [7, 11) is -2.36. The van der Waals surface area contributed by atoms with E-state index in [1.165, 1.54) is 0 Å². The maximum absolute atomic E-state index is 15.1. The molecule has 0 radical (unpaired) electrons. The van der Waals surface area contributed by atoms with Crippen molar-refractivity contribution in [1.82, 2.24) is 19.3 Å². The Hall–Kier alpha value is -1.34. The zero-order valence-electron chi connectivity index (χ0n) is 19.9. The van der Waals surface area contributed by atoms with Crippen molar-refractivity contribution in [2.75, 3.05) is 13.2 Å². The minimum atomic E-state index is -1.20. The lowest BCUT2D eigenvalue weighted by Crippen LogP contribution is -2.22. The molecule has 0 aliphatic heterocycles. The van der Waals surface area contributed by atoms with Gasteiger partial charge >= 0.3 is 0 Å². The predicted octanol–water partition coefficient (Wildman–Crippen LogP) is 6.43. The number of fused-ring (bicyclic) bond motifs is 1. The lowest BCUT2D eigenvalue weighted by Gasteiger charge is -2.16. The molecule has 0 amide bonds. The number of benzene rings is 1. The molecule has 0 bridgehead atoms. The second-order valence-corrected chi connectivity index (χ2v) is 22.6. The fraction of sp³-hybridized carbons (Fsp3) is 0.545. The molecule has 3 aromatic rings. The maximum atomic E-state index is 15.1. The highest BCUT2D eigenvalue weighted by Crippen LogP contribution is 2.32. The van der Waals surface area contributed by atoms with E-state index in [2.05, 4.69) is 60.2 Å². The number of aromatic nitrogens is 4. The van der Waals surface area contributed by atoms with Crippen LogP contribution < -0.4 is 0 Å². The van der Waals surface area contributed by atoms with Crippen LogP contribution in [-0.4, -0.2) is 48.7 Å². The molecule has 2 aromatic heterocycles. The van der Waals surface area contributed by atoms with Crippen molar-refractivity contribution in [3.05, 3.63) is 34.8 Å². The first-order valence-corrected chi connectivity index (χ1v) is 19.2. The highest BCUT2D eigenvalue weighted by molar-refractivity contribution is 9.10. The molecule has 1 aromatic carbocycles. The molecule has 176 valence electrons. The van der Waals surface area contributed by atoms with Gasteiger partial charge in [-0.15, -0.1) is 0 Å². The van der Waals surface area contributed by atoms with Crippen molar-refractivity contribution in [1.29, 1.82) is 0 Å². The van der Waals surface area contributed by atoms with Gasteiger partial charge in [-0.25, -0.2) is 14.1 Å². The average Bonchev–Trinajstić information content (AvgIpc) is 3.28. The smallest absolute Gasteiger partial charge is 0.163 e. The average molecular weight is 542 g/mol. The lowest BCUT2D eigenvalue weighted by molar-refractivity contribution is 0.0812. The van der Waals surface area contributed by atoms with Crippen molar-refractivity contribution < 1.29 is 13.9 Å². The van der Waals surface area contributed by atoms with Crippen LogP contribution in [0.5, 0.6) is 0 Å². The Kier molecular flexibility index (Phi) is 8.13. The van der Waals surface area contributed by atoms with E-state index in [1.807, 2.05) is 16.8 Å². The highest BCUT2D eigenvalue weighted by atomic mass is 79.9. The summed E-state index contributed by atoms with van der Waals surface area (Å²) in [6, 6.07) is 5.72. The van der Waals surface area contributed by atoms with Gasteiger partial charge in [-0.3, -0.25) is 0 Å². The van der Waals surface area contributed by atoms with E-state index in [4.69, 9.17) is 14.6 Å². The molecule has 6 nitrogen and oxygen atoms in total. The van der Waals surface area contributed by atoms with E-state index < -0.39 is 16.1 Å². The minimum Gasteiger partial charge on any atom is -0.361 e. The van der Waals surface area contributed by atoms with Gasteiger partial charge in [-0.05, 0) is 40.2 Å². The number of nitrogens with zero attached hydrogens (tertiary/aromatic N) is 4. The standard InChI is InChI=1S/C22H34BrFN4O2Si2/c1-31(2,3)13-11-29-15-27-10-9-25-22(27)20-17-7-8-18(23)19(24)21(17)28(26-20)16-30-12-14-32(4,5)6/h7-10H,11-16H2,1-6H3. The molecule has 3 rings (SSSR count). The number of halogens is 2. The van der Waals surface area contributed by atoms with Crippen molar-refractivity contribution >= 4 is 43.0 Å². The first-order chi connectivity index (χ1) is 15.0. The molecular weight excluding hydrogens is 507 g/mol. The fourth-order valence-corrected chi connectivity index (χ4v) is 5.00. The molecule has 0 spiro atoms. The molecular formula is C22H34BrFN4O2Si2. The van der Waals surface area contributed by atoms with E-state index >= 15 is 4.39 Å². The summed E-state index contributed by atoms with van der Waals surface area (Å²) < 4.78 is 30.8. The van der Waals surface area contributed by atoms with Gasteiger partial charge in [0.2, 0.25) is 0 Å². The minimum absolute atomic E-state index is 0.196. The summed E-state index contributed by atoms with van der Waals surface area (Å²) in [5, 5.41) is 5.41. The molecule has 0 saturated heterocycles. The van der Waals surface area contributed by atoms with E-state index in [0.29, 0.717) is 40.2 Å². The Labute approximate surface area is 200 Å². The Morgan fingerprint density at radius 1 is 0.969 bits per heavy atom. The SMILES string of the molecule is C[Si](C)(C)CCOCn1ccnc1-c1nn(COCC[Si](C)(C)C)c2c(F)c(Br)ccc12. The summed E-state index contributed by atoms with van der Waals surface area (Å²) in [5.41, 5.74) is 1.04. The summed E-state index contributed by atoms with van der Waals surface area (Å²) in [5.74, 6) is 0.310. The molecule has 0 unspecified atom stereocenters. The van der Waals surface area contributed by atoms with E-state index in [0.717, 1.165) is 18.7 Å². The third-order valence-electron chi connectivity index (χ3n) is 5.17. The van der Waals surface area contributed by atoms with E-state index in [9.17, 15) is 0 Å². The Morgan fingerprint density at radius 2 is 1.59 bits per heavy atom. The Morgan fingerprint density at radius 3 is 2.22 bits per heavy atom. The quantitative estimate of drug-likeness (QED) is 0.208. The van der Waals surface area contributed by atoms with Gasteiger partial charge in [-0.2, -0.15) is 5.10 Å². The molecule has 0 aliphatic rings. The van der Waals surface area contributed by atoms with Crippen LogP contribution in [0.15, 0.2) is 29.0 Å². The fourth-order valence-electron chi connectivity index (χ4n) is 3.17. The van der Waals surface area contributed by atoms with Crippen LogP contribution in [0, 0.1) is 5.82 Å². The summed E-state index contributed by atoms with van der Waals surface area (Å²) in [6.45, 7) is 15.8. The number of imidazole rings is 1. The molecule has 0 saturated carbocycles. The van der Waals surface area contributed by atoms with Crippen LogP contribution in [-0.2, 0) is 22.9 Å². The van der Waals surface area contributed by atoms with Crippen LogP contribution in [0.2, 0.25) is 51.4 Å². The van der Waals surface area contributed by atoms with Crippen LogP contribution in [0.25, 0.3) is 22.4 Å².